The number of carbonyl (C=O) groups excluding carboxylic acids is 1. The molecule has 110 valence electrons. The molecule has 0 aromatic carbocycles. The summed E-state index contributed by atoms with van der Waals surface area (Å²) in [5.74, 6) is -1.87. The smallest absolute Gasteiger partial charge is 0.338 e. The van der Waals surface area contributed by atoms with E-state index in [-0.39, 0.29) is 17.8 Å². The lowest BCUT2D eigenvalue weighted by atomic mass is 10.0. The minimum Gasteiger partial charge on any atom is -0.478 e. The molecule has 1 unspecified atom stereocenters. The van der Waals surface area contributed by atoms with E-state index < -0.39 is 17.5 Å². The number of aromatic carboxylic acids is 1. The van der Waals surface area contributed by atoms with Crippen molar-refractivity contribution in [1.82, 2.24) is 10.3 Å². The number of carboxylic acid groups (broad SMARTS) is 1. The van der Waals surface area contributed by atoms with Crippen molar-refractivity contribution >= 4 is 11.9 Å². The monoisotopic (exact) mass is 282 g/mol. The standard InChI is InChI=1S/C13H18N2O5/c1-13(19,5-7-20-2)8-15-11(16)10-9(12(17)18)4-3-6-14-10/h3-4,6,19H,5,7-8H2,1-2H3,(H,15,16)(H,17,18). The van der Waals surface area contributed by atoms with Crippen molar-refractivity contribution < 1.29 is 24.5 Å². The van der Waals surface area contributed by atoms with Gasteiger partial charge in [-0.25, -0.2) is 4.79 Å². The summed E-state index contributed by atoms with van der Waals surface area (Å²) < 4.78 is 4.86. The van der Waals surface area contributed by atoms with Crippen LogP contribution in [-0.4, -0.2) is 52.9 Å². The van der Waals surface area contributed by atoms with Crippen molar-refractivity contribution in [2.24, 2.45) is 0 Å². The average Bonchev–Trinajstić information content (AvgIpc) is 2.42. The molecule has 20 heavy (non-hydrogen) atoms. The van der Waals surface area contributed by atoms with Gasteiger partial charge in [0.1, 0.15) is 5.69 Å². The highest BCUT2D eigenvalue weighted by Gasteiger charge is 2.23. The fraction of sp³-hybridized carbons (Fsp3) is 0.462. The molecule has 0 radical (unpaired) electrons. The van der Waals surface area contributed by atoms with Gasteiger partial charge in [-0.1, -0.05) is 0 Å². The zero-order valence-electron chi connectivity index (χ0n) is 11.4. The minimum atomic E-state index is -1.23. The van der Waals surface area contributed by atoms with Crippen molar-refractivity contribution in [2.75, 3.05) is 20.3 Å². The lowest BCUT2D eigenvalue weighted by Crippen LogP contribution is -2.42. The number of hydrogen-bond donors (Lipinski definition) is 3. The summed E-state index contributed by atoms with van der Waals surface area (Å²) in [6, 6.07) is 2.74. The predicted octanol–water partition coefficient (Wildman–Crippen LogP) is 0.297. The fourth-order valence-corrected chi connectivity index (χ4v) is 1.52. The molecule has 1 amide bonds. The van der Waals surface area contributed by atoms with Gasteiger partial charge in [-0.05, 0) is 19.1 Å². The molecule has 1 rings (SSSR count). The Morgan fingerprint density at radius 2 is 2.20 bits per heavy atom. The van der Waals surface area contributed by atoms with Crippen LogP contribution in [0.3, 0.4) is 0 Å². The summed E-state index contributed by atoms with van der Waals surface area (Å²) in [6.45, 7) is 1.89. The number of nitrogens with zero attached hydrogens (tertiary/aromatic N) is 1. The zero-order valence-corrected chi connectivity index (χ0v) is 11.4. The summed E-state index contributed by atoms with van der Waals surface area (Å²) >= 11 is 0. The van der Waals surface area contributed by atoms with Gasteiger partial charge in [0.25, 0.3) is 5.91 Å². The summed E-state index contributed by atoms with van der Waals surface area (Å²) in [6.07, 6.45) is 1.68. The zero-order chi connectivity index (χ0) is 15.2. The van der Waals surface area contributed by atoms with E-state index in [1.807, 2.05) is 0 Å². The van der Waals surface area contributed by atoms with Crippen LogP contribution in [0.5, 0.6) is 0 Å². The van der Waals surface area contributed by atoms with Crippen molar-refractivity contribution in [1.29, 1.82) is 0 Å². The highest BCUT2D eigenvalue weighted by Crippen LogP contribution is 2.09. The van der Waals surface area contributed by atoms with Gasteiger partial charge in [-0.2, -0.15) is 0 Å². The molecule has 0 aliphatic carbocycles. The van der Waals surface area contributed by atoms with Crippen LogP contribution in [0.2, 0.25) is 0 Å². The van der Waals surface area contributed by atoms with Crippen LogP contribution in [0.25, 0.3) is 0 Å². The van der Waals surface area contributed by atoms with Crippen LogP contribution in [0.4, 0.5) is 0 Å². The first kappa shape index (κ1) is 16.1. The van der Waals surface area contributed by atoms with Gasteiger partial charge in [0.05, 0.1) is 11.2 Å². The molecular formula is C13H18N2O5. The van der Waals surface area contributed by atoms with E-state index in [9.17, 15) is 14.7 Å². The number of ether oxygens (including phenoxy) is 1. The fourth-order valence-electron chi connectivity index (χ4n) is 1.52. The van der Waals surface area contributed by atoms with Crippen molar-refractivity contribution in [3.8, 4) is 0 Å². The quantitative estimate of drug-likeness (QED) is 0.663. The number of rotatable bonds is 7. The van der Waals surface area contributed by atoms with Crippen LogP contribution in [0, 0.1) is 0 Å². The Morgan fingerprint density at radius 3 is 2.80 bits per heavy atom. The number of pyridine rings is 1. The molecule has 3 N–H and O–H groups in total. The molecule has 0 saturated heterocycles. The Morgan fingerprint density at radius 1 is 1.50 bits per heavy atom. The van der Waals surface area contributed by atoms with Crippen LogP contribution in [0.15, 0.2) is 18.3 Å². The van der Waals surface area contributed by atoms with Crippen LogP contribution in [-0.2, 0) is 4.74 Å². The molecule has 0 fully saturated rings. The number of hydrogen-bond acceptors (Lipinski definition) is 5. The second-order valence-corrected chi connectivity index (χ2v) is 4.63. The van der Waals surface area contributed by atoms with Gasteiger partial charge in [0, 0.05) is 32.9 Å². The number of carboxylic acids is 1. The van der Waals surface area contributed by atoms with E-state index in [1.165, 1.54) is 25.4 Å². The van der Waals surface area contributed by atoms with E-state index >= 15 is 0 Å². The summed E-state index contributed by atoms with van der Waals surface area (Å²) in [5, 5.41) is 21.4. The minimum absolute atomic E-state index is 0.0230. The number of aromatic nitrogens is 1. The SMILES string of the molecule is COCCC(C)(O)CNC(=O)c1ncccc1C(=O)O. The first-order chi connectivity index (χ1) is 9.37. The summed E-state index contributed by atoms with van der Waals surface area (Å²) in [7, 11) is 1.52. The van der Waals surface area contributed by atoms with Crippen molar-refractivity contribution in [3.05, 3.63) is 29.6 Å². The van der Waals surface area contributed by atoms with Gasteiger partial charge < -0.3 is 20.3 Å². The van der Waals surface area contributed by atoms with Gasteiger partial charge in [-0.15, -0.1) is 0 Å². The number of aliphatic hydroxyl groups is 1. The van der Waals surface area contributed by atoms with Gasteiger partial charge in [0.15, 0.2) is 0 Å². The van der Waals surface area contributed by atoms with Crippen LogP contribution < -0.4 is 5.32 Å². The Bertz CT molecular complexity index is 487. The Labute approximate surface area is 116 Å². The largest absolute Gasteiger partial charge is 0.478 e. The normalized spacial score (nSPS) is 13.6. The van der Waals surface area contributed by atoms with Crippen LogP contribution >= 0.6 is 0 Å². The Kier molecular flexibility index (Phi) is 5.60. The van der Waals surface area contributed by atoms with Gasteiger partial charge in [0.2, 0.25) is 0 Å². The van der Waals surface area contributed by atoms with E-state index in [0.717, 1.165) is 0 Å². The highest BCUT2D eigenvalue weighted by atomic mass is 16.5. The van der Waals surface area contributed by atoms with Gasteiger partial charge in [-0.3, -0.25) is 9.78 Å². The van der Waals surface area contributed by atoms with Crippen molar-refractivity contribution in [3.63, 3.8) is 0 Å². The maximum atomic E-state index is 11.9. The maximum Gasteiger partial charge on any atom is 0.338 e. The number of methoxy groups -OCH3 is 1. The average molecular weight is 282 g/mol. The summed E-state index contributed by atoms with van der Waals surface area (Å²) in [4.78, 5) is 26.7. The molecule has 1 aromatic rings. The predicted molar refractivity (Wildman–Crippen MR) is 70.6 cm³/mol. The third-order valence-corrected chi connectivity index (χ3v) is 2.73. The molecule has 0 aliphatic heterocycles. The molecule has 0 bridgehead atoms. The molecule has 7 nitrogen and oxygen atoms in total. The lowest BCUT2D eigenvalue weighted by Gasteiger charge is -2.23. The maximum absolute atomic E-state index is 11.9. The van der Waals surface area contributed by atoms with Crippen molar-refractivity contribution in [2.45, 2.75) is 18.9 Å². The molecule has 1 atom stereocenters. The highest BCUT2D eigenvalue weighted by molar-refractivity contribution is 6.03. The van der Waals surface area contributed by atoms with E-state index in [0.29, 0.717) is 13.0 Å². The molecule has 7 heteroatoms. The third-order valence-electron chi connectivity index (χ3n) is 2.73. The molecule has 0 aliphatic rings. The summed E-state index contributed by atoms with van der Waals surface area (Å²) in [5.41, 5.74) is -1.49. The molecule has 1 aromatic heterocycles. The van der Waals surface area contributed by atoms with E-state index in [4.69, 9.17) is 9.84 Å². The second-order valence-electron chi connectivity index (χ2n) is 4.63. The third kappa shape index (κ3) is 4.60. The number of amides is 1. The lowest BCUT2D eigenvalue weighted by molar-refractivity contribution is 0.0243. The Balaban J connectivity index is 2.70. The Hall–Kier alpha value is -1.99. The number of nitrogens with one attached hydrogen (secondary N) is 1. The molecule has 0 saturated carbocycles. The van der Waals surface area contributed by atoms with Crippen LogP contribution in [0.1, 0.15) is 34.2 Å². The topological polar surface area (TPSA) is 109 Å². The molecule has 1 heterocycles. The van der Waals surface area contributed by atoms with Gasteiger partial charge >= 0.3 is 5.97 Å². The number of carbonyl (C=O) groups is 2. The van der Waals surface area contributed by atoms with E-state index in [2.05, 4.69) is 10.3 Å². The molecule has 0 spiro atoms. The first-order valence-electron chi connectivity index (χ1n) is 6.05. The van der Waals surface area contributed by atoms with E-state index in [1.54, 1.807) is 6.92 Å². The molecular weight excluding hydrogens is 264 g/mol. The first-order valence-corrected chi connectivity index (χ1v) is 6.05. The second kappa shape index (κ2) is 6.97.